The maximum Gasteiger partial charge on any atom is 0.122 e. The Hall–Kier alpha value is -0.630. The molecule has 0 saturated carbocycles. The largest absolute Gasteiger partial charge is 0.495 e. The molecule has 3 heteroatoms. The summed E-state index contributed by atoms with van der Waals surface area (Å²) in [6.07, 6.45) is 0.687. The van der Waals surface area contributed by atoms with E-state index in [4.69, 9.17) is 21.1 Å². The van der Waals surface area contributed by atoms with Crippen LogP contribution in [0.1, 0.15) is 20.3 Å². The highest BCUT2D eigenvalue weighted by Crippen LogP contribution is 2.08. The average molecular weight is 219 g/mol. The molecule has 0 aliphatic carbocycles. The molecular weight excluding hydrogens is 200 g/mol. The summed E-state index contributed by atoms with van der Waals surface area (Å²) in [5, 5.41) is 0. The summed E-state index contributed by atoms with van der Waals surface area (Å²) in [6.45, 7) is 12.6. The van der Waals surface area contributed by atoms with E-state index in [0.29, 0.717) is 37.2 Å². The highest BCUT2D eigenvalue weighted by molar-refractivity contribution is 6.17. The Labute approximate surface area is 91.5 Å². The summed E-state index contributed by atoms with van der Waals surface area (Å²) in [4.78, 5) is 0. The maximum absolute atomic E-state index is 5.52. The third-order valence-electron chi connectivity index (χ3n) is 1.69. The molecule has 0 fully saturated rings. The van der Waals surface area contributed by atoms with E-state index in [9.17, 15) is 0 Å². The van der Waals surface area contributed by atoms with E-state index in [1.54, 1.807) is 0 Å². The van der Waals surface area contributed by atoms with Gasteiger partial charge in [0.2, 0.25) is 0 Å². The van der Waals surface area contributed by atoms with Crippen molar-refractivity contribution in [2.24, 2.45) is 5.92 Å². The first kappa shape index (κ1) is 13.4. The van der Waals surface area contributed by atoms with Crippen molar-refractivity contribution in [3.8, 4) is 0 Å². The van der Waals surface area contributed by atoms with Crippen LogP contribution in [0.25, 0.3) is 0 Å². The number of rotatable bonds is 8. The molecule has 82 valence electrons. The highest BCUT2D eigenvalue weighted by atomic mass is 35.5. The SMILES string of the molecule is C=C(CCCl)OCCOC(=C)C(C)C. The molecule has 0 aliphatic heterocycles. The van der Waals surface area contributed by atoms with Gasteiger partial charge in [0.25, 0.3) is 0 Å². The van der Waals surface area contributed by atoms with Crippen molar-refractivity contribution in [1.29, 1.82) is 0 Å². The molecule has 0 amide bonds. The zero-order valence-electron chi connectivity index (χ0n) is 9.01. The molecule has 0 aromatic carbocycles. The predicted molar refractivity (Wildman–Crippen MR) is 60.4 cm³/mol. The van der Waals surface area contributed by atoms with Crippen LogP contribution in [0.3, 0.4) is 0 Å². The fourth-order valence-electron chi connectivity index (χ4n) is 0.703. The standard InChI is InChI=1S/C11H19ClO2/c1-9(2)11(4)14-8-7-13-10(3)5-6-12/h9H,3-8H2,1-2H3. The van der Waals surface area contributed by atoms with Crippen LogP contribution in [0.2, 0.25) is 0 Å². The Kier molecular flexibility index (Phi) is 7.40. The van der Waals surface area contributed by atoms with Gasteiger partial charge in [-0.3, -0.25) is 0 Å². The van der Waals surface area contributed by atoms with Gasteiger partial charge in [-0.15, -0.1) is 11.6 Å². The Balaban J connectivity index is 3.38. The normalized spacial score (nSPS) is 10.0. The first-order valence-corrected chi connectivity index (χ1v) is 5.29. The van der Waals surface area contributed by atoms with E-state index in [1.165, 1.54) is 0 Å². The van der Waals surface area contributed by atoms with Gasteiger partial charge in [-0.05, 0) is 0 Å². The van der Waals surface area contributed by atoms with Gasteiger partial charge in [0.05, 0.1) is 11.5 Å². The number of allylic oxidation sites excluding steroid dienone is 2. The number of hydrogen-bond donors (Lipinski definition) is 0. The first-order chi connectivity index (χ1) is 6.57. The first-order valence-electron chi connectivity index (χ1n) is 4.76. The molecule has 0 bridgehead atoms. The Morgan fingerprint density at radius 3 is 2.29 bits per heavy atom. The van der Waals surface area contributed by atoms with Gasteiger partial charge in [-0.25, -0.2) is 0 Å². The quantitative estimate of drug-likeness (QED) is 0.354. The van der Waals surface area contributed by atoms with Gasteiger partial charge < -0.3 is 9.47 Å². The smallest absolute Gasteiger partial charge is 0.122 e. The van der Waals surface area contributed by atoms with Crippen LogP contribution in [-0.4, -0.2) is 19.1 Å². The van der Waals surface area contributed by atoms with E-state index >= 15 is 0 Å². The molecule has 0 radical (unpaired) electrons. The lowest BCUT2D eigenvalue weighted by atomic mass is 10.2. The summed E-state index contributed by atoms with van der Waals surface area (Å²) in [5.41, 5.74) is 0. The van der Waals surface area contributed by atoms with E-state index in [1.807, 2.05) is 13.8 Å². The molecule has 0 unspecified atom stereocenters. The predicted octanol–water partition coefficient (Wildman–Crippen LogP) is 3.33. The molecule has 0 aliphatic rings. The van der Waals surface area contributed by atoms with Crippen LogP contribution in [-0.2, 0) is 9.47 Å². The summed E-state index contributed by atoms with van der Waals surface area (Å²) >= 11 is 5.52. The lowest BCUT2D eigenvalue weighted by Gasteiger charge is -2.13. The third kappa shape index (κ3) is 6.84. The van der Waals surface area contributed by atoms with Gasteiger partial charge in [-0.1, -0.05) is 27.0 Å². The van der Waals surface area contributed by atoms with Crippen molar-refractivity contribution in [2.45, 2.75) is 20.3 Å². The molecule has 0 rings (SSSR count). The molecule has 0 spiro atoms. The topological polar surface area (TPSA) is 18.5 Å². The Bertz CT molecular complexity index is 188. The van der Waals surface area contributed by atoms with E-state index in [-0.39, 0.29) is 0 Å². The monoisotopic (exact) mass is 218 g/mol. The Morgan fingerprint density at radius 2 is 1.79 bits per heavy atom. The zero-order chi connectivity index (χ0) is 11.0. The summed E-state index contributed by atoms with van der Waals surface area (Å²) < 4.78 is 10.6. The highest BCUT2D eigenvalue weighted by Gasteiger charge is 2.00. The summed E-state index contributed by atoms with van der Waals surface area (Å²) in [6, 6.07) is 0. The molecule has 14 heavy (non-hydrogen) atoms. The minimum absolute atomic E-state index is 0.348. The van der Waals surface area contributed by atoms with Crippen LogP contribution in [0.15, 0.2) is 24.7 Å². The molecule has 0 aromatic rings. The Morgan fingerprint density at radius 1 is 1.21 bits per heavy atom. The van der Waals surface area contributed by atoms with E-state index < -0.39 is 0 Å². The molecule has 0 atom stereocenters. The van der Waals surface area contributed by atoms with Crippen LogP contribution in [0, 0.1) is 5.92 Å². The second-order valence-corrected chi connectivity index (χ2v) is 3.67. The zero-order valence-corrected chi connectivity index (χ0v) is 9.77. The molecule has 0 aromatic heterocycles. The van der Waals surface area contributed by atoms with Crippen molar-refractivity contribution in [3.05, 3.63) is 24.7 Å². The van der Waals surface area contributed by atoms with Gasteiger partial charge in [-0.2, -0.15) is 0 Å². The molecule has 0 saturated heterocycles. The van der Waals surface area contributed by atoms with Gasteiger partial charge in [0.15, 0.2) is 0 Å². The van der Waals surface area contributed by atoms with E-state index in [2.05, 4.69) is 13.2 Å². The molecule has 0 heterocycles. The molecular formula is C11H19ClO2. The van der Waals surface area contributed by atoms with E-state index in [0.717, 1.165) is 5.76 Å². The van der Waals surface area contributed by atoms with Crippen molar-refractivity contribution in [1.82, 2.24) is 0 Å². The van der Waals surface area contributed by atoms with Crippen molar-refractivity contribution in [3.63, 3.8) is 0 Å². The van der Waals surface area contributed by atoms with Gasteiger partial charge >= 0.3 is 0 Å². The van der Waals surface area contributed by atoms with Crippen LogP contribution >= 0.6 is 11.6 Å². The second-order valence-electron chi connectivity index (χ2n) is 3.30. The molecule has 2 nitrogen and oxygen atoms in total. The number of alkyl halides is 1. The van der Waals surface area contributed by atoms with Crippen molar-refractivity contribution < 1.29 is 9.47 Å². The van der Waals surface area contributed by atoms with Crippen molar-refractivity contribution >= 4 is 11.6 Å². The lowest BCUT2D eigenvalue weighted by molar-refractivity contribution is 0.105. The van der Waals surface area contributed by atoms with Gasteiger partial charge in [0, 0.05) is 18.2 Å². The number of ether oxygens (including phenoxy) is 2. The second kappa shape index (κ2) is 7.74. The summed E-state index contributed by atoms with van der Waals surface area (Å²) in [7, 11) is 0. The van der Waals surface area contributed by atoms with Crippen molar-refractivity contribution in [2.75, 3.05) is 19.1 Å². The third-order valence-corrected chi connectivity index (χ3v) is 1.88. The lowest BCUT2D eigenvalue weighted by Crippen LogP contribution is -2.06. The minimum atomic E-state index is 0.348. The number of hydrogen-bond acceptors (Lipinski definition) is 2. The van der Waals surface area contributed by atoms with Crippen LogP contribution < -0.4 is 0 Å². The van der Waals surface area contributed by atoms with Gasteiger partial charge in [0.1, 0.15) is 13.2 Å². The number of halogens is 1. The molecule has 0 N–H and O–H groups in total. The fraction of sp³-hybridized carbons (Fsp3) is 0.636. The van der Waals surface area contributed by atoms with Crippen LogP contribution in [0.5, 0.6) is 0 Å². The fourth-order valence-corrected chi connectivity index (χ4v) is 0.914. The average Bonchev–Trinajstić information content (AvgIpc) is 2.12. The van der Waals surface area contributed by atoms with Crippen LogP contribution in [0.4, 0.5) is 0 Å². The maximum atomic E-state index is 5.52. The summed E-state index contributed by atoms with van der Waals surface area (Å²) in [5.74, 6) is 2.38. The minimum Gasteiger partial charge on any atom is -0.495 e.